The van der Waals surface area contributed by atoms with Crippen LogP contribution >= 0.6 is 27.5 Å². The molecule has 3 aromatic rings. The lowest BCUT2D eigenvalue weighted by molar-refractivity contribution is 0.281. The molecule has 0 heterocycles. The number of hydrogen-bond donors (Lipinski definition) is 1. The highest BCUT2D eigenvalue weighted by Gasteiger charge is 2.15. The summed E-state index contributed by atoms with van der Waals surface area (Å²) in [6.07, 6.45) is 0. The van der Waals surface area contributed by atoms with Crippen LogP contribution in [-0.4, -0.2) is 7.11 Å². The number of methoxy groups -OCH3 is 1. The predicted octanol–water partition coefficient (Wildman–Crippen LogP) is 6.61. The molecule has 0 saturated heterocycles. The highest BCUT2D eigenvalue weighted by molar-refractivity contribution is 9.10. The van der Waals surface area contributed by atoms with Crippen molar-refractivity contribution in [1.29, 1.82) is 0 Å². The molecule has 0 saturated carbocycles. The molecule has 0 spiro atoms. The van der Waals surface area contributed by atoms with Crippen LogP contribution in [0, 0.1) is 6.92 Å². The summed E-state index contributed by atoms with van der Waals surface area (Å²) in [4.78, 5) is 0. The van der Waals surface area contributed by atoms with E-state index < -0.39 is 0 Å². The van der Waals surface area contributed by atoms with E-state index in [9.17, 15) is 0 Å². The fraction of sp³-hybridized carbons (Fsp3) is 0.182. The highest BCUT2D eigenvalue weighted by atomic mass is 79.9. The first kappa shape index (κ1) is 19.6. The molecule has 0 radical (unpaired) electrons. The minimum absolute atomic E-state index is 0.469. The van der Waals surface area contributed by atoms with Gasteiger partial charge in [0, 0.05) is 27.3 Å². The Labute approximate surface area is 173 Å². The quantitative estimate of drug-likeness (QED) is 0.443. The van der Waals surface area contributed by atoms with Crippen molar-refractivity contribution in [2.45, 2.75) is 20.1 Å². The molecule has 0 amide bonds. The molecule has 0 bridgehead atoms. The molecular formula is C22H21BrClNO2. The van der Waals surface area contributed by atoms with E-state index in [2.05, 4.69) is 21.2 Å². The van der Waals surface area contributed by atoms with Gasteiger partial charge in [0.25, 0.3) is 0 Å². The van der Waals surface area contributed by atoms with Gasteiger partial charge in [0.05, 0.1) is 7.11 Å². The molecule has 0 atom stereocenters. The monoisotopic (exact) mass is 445 g/mol. The van der Waals surface area contributed by atoms with E-state index >= 15 is 0 Å². The van der Waals surface area contributed by atoms with Gasteiger partial charge in [-0.2, -0.15) is 0 Å². The Bertz CT molecular complexity index is 916. The molecule has 0 aliphatic heterocycles. The number of rotatable bonds is 7. The fourth-order valence-electron chi connectivity index (χ4n) is 2.69. The number of anilines is 1. The summed E-state index contributed by atoms with van der Waals surface area (Å²) >= 11 is 9.86. The van der Waals surface area contributed by atoms with E-state index in [0.29, 0.717) is 18.9 Å². The number of ether oxygens (including phenoxy) is 2. The summed E-state index contributed by atoms with van der Waals surface area (Å²) in [6.45, 7) is 3.03. The van der Waals surface area contributed by atoms with Gasteiger partial charge in [-0.3, -0.25) is 0 Å². The molecule has 0 aliphatic carbocycles. The zero-order valence-corrected chi connectivity index (χ0v) is 17.6. The Morgan fingerprint density at radius 2 is 1.81 bits per heavy atom. The van der Waals surface area contributed by atoms with Crippen LogP contribution in [0.4, 0.5) is 5.69 Å². The van der Waals surface area contributed by atoms with Gasteiger partial charge in [-0.25, -0.2) is 0 Å². The van der Waals surface area contributed by atoms with Crippen molar-refractivity contribution < 1.29 is 9.47 Å². The van der Waals surface area contributed by atoms with Crippen molar-refractivity contribution in [3.8, 4) is 11.5 Å². The third kappa shape index (κ3) is 4.96. The molecule has 3 rings (SSSR count). The van der Waals surface area contributed by atoms with Gasteiger partial charge in [0.2, 0.25) is 0 Å². The maximum absolute atomic E-state index is 6.23. The van der Waals surface area contributed by atoms with E-state index in [1.807, 2.05) is 67.6 Å². The molecule has 0 aliphatic rings. The smallest absolute Gasteiger partial charge is 0.167 e. The van der Waals surface area contributed by atoms with Gasteiger partial charge in [0.1, 0.15) is 6.61 Å². The van der Waals surface area contributed by atoms with E-state index in [-0.39, 0.29) is 0 Å². The average molecular weight is 447 g/mol. The van der Waals surface area contributed by atoms with Crippen molar-refractivity contribution in [3.05, 3.63) is 86.8 Å². The van der Waals surface area contributed by atoms with Crippen LogP contribution < -0.4 is 14.8 Å². The van der Waals surface area contributed by atoms with Crippen LogP contribution in [0.15, 0.2) is 65.1 Å². The van der Waals surface area contributed by atoms with E-state index in [1.165, 1.54) is 0 Å². The summed E-state index contributed by atoms with van der Waals surface area (Å²) < 4.78 is 12.6. The Kier molecular flexibility index (Phi) is 6.64. The first-order chi connectivity index (χ1) is 13.1. The maximum atomic E-state index is 6.23. The van der Waals surface area contributed by atoms with Crippen molar-refractivity contribution in [2.75, 3.05) is 12.4 Å². The Morgan fingerprint density at radius 3 is 2.52 bits per heavy atom. The van der Waals surface area contributed by atoms with Crippen molar-refractivity contribution in [1.82, 2.24) is 0 Å². The standard InChI is InChI=1S/C22H21BrClNO2/c1-15-8-9-17(12-20(15)24)25-13-18-19(23)10-11-21(26-2)22(18)27-14-16-6-4-3-5-7-16/h3-12,25H,13-14H2,1-2H3. The SMILES string of the molecule is COc1ccc(Br)c(CNc2ccc(C)c(Cl)c2)c1OCc1ccccc1. The number of nitrogens with one attached hydrogen (secondary N) is 1. The van der Waals surface area contributed by atoms with Gasteiger partial charge in [-0.15, -0.1) is 0 Å². The number of halogens is 2. The van der Waals surface area contributed by atoms with Gasteiger partial charge in [-0.1, -0.05) is 63.9 Å². The summed E-state index contributed by atoms with van der Waals surface area (Å²) in [5.41, 5.74) is 4.09. The minimum Gasteiger partial charge on any atom is -0.493 e. The zero-order valence-electron chi connectivity index (χ0n) is 15.3. The summed E-state index contributed by atoms with van der Waals surface area (Å²) in [5, 5.41) is 4.15. The molecule has 0 fully saturated rings. The summed E-state index contributed by atoms with van der Waals surface area (Å²) in [5.74, 6) is 1.43. The second kappa shape index (κ2) is 9.16. The molecular weight excluding hydrogens is 426 g/mol. The molecule has 1 N–H and O–H groups in total. The van der Waals surface area contributed by atoms with Crippen molar-refractivity contribution >= 4 is 33.2 Å². The summed E-state index contributed by atoms with van der Waals surface area (Å²) in [7, 11) is 1.65. The average Bonchev–Trinajstić information content (AvgIpc) is 2.69. The van der Waals surface area contributed by atoms with E-state index in [0.717, 1.165) is 37.6 Å². The number of benzene rings is 3. The third-order valence-electron chi connectivity index (χ3n) is 4.25. The highest BCUT2D eigenvalue weighted by Crippen LogP contribution is 2.37. The predicted molar refractivity (Wildman–Crippen MR) is 115 cm³/mol. The van der Waals surface area contributed by atoms with Crippen LogP contribution in [0.25, 0.3) is 0 Å². The Hall–Kier alpha value is -2.17. The van der Waals surface area contributed by atoms with Crippen LogP contribution in [0.1, 0.15) is 16.7 Å². The molecule has 3 nitrogen and oxygen atoms in total. The fourth-order valence-corrected chi connectivity index (χ4v) is 3.32. The molecule has 0 aromatic heterocycles. The summed E-state index contributed by atoms with van der Waals surface area (Å²) in [6, 6.07) is 19.9. The second-order valence-corrected chi connectivity index (χ2v) is 7.41. The lowest BCUT2D eigenvalue weighted by Gasteiger charge is -2.18. The largest absolute Gasteiger partial charge is 0.493 e. The van der Waals surface area contributed by atoms with Crippen LogP contribution in [0.5, 0.6) is 11.5 Å². The van der Waals surface area contributed by atoms with E-state index in [4.69, 9.17) is 21.1 Å². The van der Waals surface area contributed by atoms with Crippen molar-refractivity contribution in [3.63, 3.8) is 0 Å². The zero-order chi connectivity index (χ0) is 19.2. The normalized spacial score (nSPS) is 10.5. The molecule has 140 valence electrons. The lowest BCUT2D eigenvalue weighted by Crippen LogP contribution is -2.06. The van der Waals surface area contributed by atoms with Gasteiger partial charge in [-0.05, 0) is 42.3 Å². The van der Waals surface area contributed by atoms with Crippen LogP contribution in [0.2, 0.25) is 5.02 Å². The first-order valence-electron chi connectivity index (χ1n) is 8.60. The maximum Gasteiger partial charge on any atom is 0.167 e. The second-order valence-electron chi connectivity index (χ2n) is 6.15. The third-order valence-corrected chi connectivity index (χ3v) is 5.40. The lowest BCUT2D eigenvalue weighted by atomic mass is 10.1. The minimum atomic E-state index is 0.469. The first-order valence-corrected chi connectivity index (χ1v) is 9.77. The van der Waals surface area contributed by atoms with Gasteiger partial charge < -0.3 is 14.8 Å². The molecule has 27 heavy (non-hydrogen) atoms. The number of hydrogen-bond acceptors (Lipinski definition) is 3. The van der Waals surface area contributed by atoms with E-state index in [1.54, 1.807) is 7.11 Å². The molecule has 0 unspecified atom stereocenters. The van der Waals surface area contributed by atoms with Gasteiger partial charge >= 0.3 is 0 Å². The van der Waals surface area contributed by atoms with Gasteiger partial charge in [0.15, 0.2) is 11.5 Å². The Balaban J connectivity index is 1.83. The van der Waals surface area contributed by atoms with Crippen molar-refractivity contribution in [2.24, 2.45) is 0 Å². The number of aryl methyl sites for hydroxylation is 1. The molecule has 5 heteroatoms. The van der Waals surface area contributed by atoms with Crippen LogP contribution in [-0.2, 0) is 13.2 Å². The molecule has 3 aromatic carbocycles. The topological polar surface area (TPSA) is 30.5 Å². The Morgan fingerprint density at radius 1 is 1.04 bits per heavy atom. The van der Waals surface area contributed by atoms with Crippen LogP contribution in [0.3, 0.4) is 0 Å².